The van der Waals surface area contributed by atoms with Crippen molar-refractivity contribution in [2.45, 2.75) is 32.4 Å². The summed E-state index contributed by atoms with van der Waals surface area (Å²) in [5.74, 6) is -0.216. The van der Waals surface area contributed by atoms with Crippen molar-refractivity contribution in [3.05, 3.63) is 12.7 Å². The predicted octanol–water partition coefficient (Wildman–Crippen LogP) is 0.908. The molecule has 0 bridgehead atoms. The van der Waals surface area contributed by atoms with Gasteiger partial charge in [-0.25, -0.2) is 4.79 Å². The van der Waals surface area contributed by atoms with E-state index in [1.807, 2.05) is 0 Å². The van der Waals surface area contributed by atoms with Gasteiger partial charge in [0.2, 0.25) is 5.91 Å². The van der Waals surface area contributed by atoms with E-state index < -0.39 is 17.7 Å². The van der Waals surface area contributed by atoms with Gasteiger partial charge in [-0.15, -0.1) is 6.58 Å². The third kappa shape index (κ3) is 2.98. The summed E-state index contributed by atoms with van der Waals surface area (Å²) in [7, 11) is 0. The van der Waals surface area contributed by atoms with E-state index in [-0.39, 0.29) is 5.91 Å². The molecule has 90 valence electrons. The normalized spacial score (nSPS) is 21.3. The maximum atomic E-state index is 11.8. The lowest BCUT2D eigenvalue weighted by molar-refractivity contribution is -0.127. The van der Waals surface area contributed by atoms with Crippen molar-refractivity contribution < 1.29 is 14.3 Å². The number of carbonyl (C=O) groups excluding carboxylic acids is 2. The minimum absolute atomic E-state index is 0.216. The van der Waals surface area contributed by atoms with E-state index in [0.717, 1.165) is 0 Å². The summed E-state index contributed by atoms with van der Waals surface area (Å²) in [4.78, 5) is 24.7. The number of piperazine rings is 1. The van der Waals surface area contributed by atoms with Gasteiger partial charge in [0.1, 0.15) is 11.6 Å². The van der Waals surface area contributed by atoms with Crippen LogP contribution in [0.2, 0.25) is 0 Å². The average Bonchev–Trinajstić information content (AvgIpc) is 2.14. The Morgan fingerprint density at radius 1 is 1.62 bits per heavy atom. The van der Waals surface area contributed by atoms with Crippen LogP contribution >= 0.6 is 0 Å². The molecule has 0 radical (unpaired) electrons. The van der Waals surface area contributed by atoms with E-state index in [4.69, 9.17) is 4.74 Å². The van der Waals surface area contributed by atoms with E-state index >= 15 is 0 Å². The monoisotopic (exact) mass is 226 g/mol. The van der Waals surface area contributed by atoms with Gasteiger partial charge < -0.3 is 10.1 Å². The lowest BCUT2D eigenvalue weighted by Gasteiger charge is -2.34. The molecule has 1 rings (SSSR count). The Labute approximate surface area is 95.4 Å². The first-order valence-corrected chi connectivity index (χ1v) is 5.25. The van der Waals surface area contributed by atoms with Crippen LogP contribution in [0.1, 0.15) is 20.8 Å². The molecule has 1 heterocycles. The quantitative estimate of drug-likeness (QED) is 0.676. The second-order valence-electron chi connectivity index (χ2n) is 4.65. The zero-order valence-electron chi connectivity index (χ0n) is 9.95. The lowest BCUT2D eigenvalue weighted by Crippen LogP contribution is -2.57. The zero-order chi connectivity index (χ0) is 12.3. The number of nitrogens with zero attached hydrogens (tertiary/aromatic N) is 1. The molecular weight excluding hydrogens is 208 g/mol. The third-order valence-corrected chi connectivity index (χ3v) is 2.11. The standard InChI is InChI=1S/C11H18N2O3/c1-5-8-9(14)12-6-7-13(8)10(15)16-11(2,3)4/h5,8H,1,6-7H2,2-4H3,(H,12,14)/t8-/m1/s1. The molecule has 1 fully saturated rings. The highest BCUT2D eigenvalue weighted by molar-refractivity contribution is 5.88. The smallest absolute Gasteiger partial charge is 0.411 e. The second kappa shape index (κ2) is 4.55. The molecule has 1 saturated heterocycles. The van der Waals surface area contributed by atoms with Crippen LogP contribution in [0.3, 0.4) is 0 Å². The molecule has 0 aromatic rings. The van der Waals surface area contributed by atoms with Crippen LogP contribution in [0.4, 0.5) is 4.79 Å². The molecule has 0 unspecified atom stereocenters. The molecule has 0 saturated carbocycles. The Morgan fingerprint density at radius 2 is 2.25 bits per heavy atom. The van der Waals surface area contributed by atoms with Crippen molar-refractivity contribution >= 4 is 12.0 Å². The lowest BCUT2D eigenvalue weighted by atomic mass is 10.2. The third-order valence-electron chi connectivity index (χ3n) is 2.11. The van der Waals surface area contributed by atoms with Crippen LogP contribution in [0.25, 0.3) is 0 Å². The van der Waals surface area contributed by atoms with E-state index in [0.29, 0.717) is 13.1 Å². The fraction of sp³-hybridized carbons (Fsp3) is 0.636. The van der Waals surface area contributed by atoms with Gasteiger partial charge in [-0.1, -0.05) is 6.08 Å². The molecule has 1 aliphatic heterocycles. The van der Waals surface area contributed by atoms with Crippen LogP contribution in [0.15, 0.2) is 12.7 Å². The average molecular weight is 226 g/mol. The Bertz CT molecular complexity index is 307. The number of rotatable bonds is 1. The van der Waals surface area contributed by atoms with Crippen molar-refractivity contribution in [1.82, 2.24) is 10.2 Å². The summed E-state index contributed by atoms with van der Waals surface area (Å²) in [6.45, 7) is 9.81. The highest BCUT2D eigenvalue weighted by Gasteiger charge is 2.33. The molecule has 1 atom stereocenters. The molecule has 0 spiro atoms. The number of nitrogens with one attached hydrogen (secondary N) is 1. The van der Waals surface area contributed by atoms with E-state index in [1.54, 1.807) is 20.8 Å². The highest BCUT2D eigenvalue weighted by Crippen LogP contribution is 2.13. The van der Waals surface area contributed by atoms with Gasteiger partial charge in [0.15, 0.2) is 0 Å². The number of ether oxygens (including phenoxy) is 1. The van der Waals surface area contributed by atoms with Gasteiger partial charge in [0.05, 0.1) is 0 Å². The summed E-state index contributed by atoms with van der Waals surface area (Å²) in [6.07, 6.45) is 0.963. The van der Waals surface area contributed by atoms with Crippen molar-refractivity contribution in [2.24, 2.45) is 0 Å². The first-order chi connectivity index (χ1) is 7.35. The van der Waals surface area contributed by atoms with Crippen molar-refractivity contribution in [3.8, 4) is 0 Å². The minimum atomic E-state index is -0.636. The molecule has 0 aromatic carbocycles. The van der Waals surface area contributed by atoms with E-state index in [1.165, 1.54) is 11.0 Å². The van der Waals surface area contributed by atoms with E-state index in [9.17, 15) is 9.59 Å². The number of hydrogen-bond acceptors (Lipinski definition) is 3. The summed E-state index contributed by atoms with van der Waals surface area (Å²) in [5.41, 5.74) is -0.559. The fourth-order valence-electron chi connectivity index (χ4n) is 1.44. The van der Waals surface area contributed by atoms with E-state index in [2.05, 4.69) is 11.9 Å². The Hall–Kier alpha value is -1.52. The first kappa shape index (κ1) is 12.5. The summed E-state index contributed by atoms with van der Waals surface area (Å²) in [5, 5.41) is 2.67. The van der Waals surface area contributed by atoms with Crippen LogP contribution in [-0.4, -0.2) is 41.6 Å². The molecule has 5 heteroatoms. The van der Waals surface area contributed by atoms with Crippen molar-refractivity contribution in [3.63, 3.8) is 0 Å². The molecule has 1 N–H and O–H groups in total. The summed E-state index contributed by atoms with van der Waals surface area (Å²) >= 11 is 0. The Morgan fingerprint density at radius 3 is 2.75 bits per heavy atom. The van der Waals surface area contributed by atoms with Gasteiger partial charge in [-0.05, 0) is 20.8 Å². The van der Waals surface area contributed by atoms with Crippen LogP contribution in [-0.2, 0) is 9.53 Å². The molecular formula is C11H18N2O3. The molecule has 5 nitrogen and oxygen atoms in total. The topological polar surface area (TPSA) is 58.6 Å². The van der Waals surface area contributed by atoms with Crippen LogP contribution < -0.4 is 5.32 Å². The maximum absolute atomic E-state index is 11.8. The number of amides is 2. The summed E-state index contributed by atoms with van der Waals surface area (Å²) < 4.78 is 5.22. The largest absolute Gasteiger partial charge is 0.444 e. The second-order valence-corrected chi connectivity index (χ2v) is 4.65. The van der Waals surface area contributed by atoms with Gasteiger partial charge in [0.25, 0.3) is 0 Å². The predicted molar refractivity (Wildman–Crippen MR) is 59.9 cm³/mol. The Kier molecular flexibility index (Phi) is 3.57. The molecule has 0 aromatic heterocycles. The van der Waals surface area contributed by atoms with Crippen molar-refractivity contribution in [2.75, 3.05) is 13.1 Å². The first-order valence-electron chi connectivity index (χ1n) is 5.25. The Balaban J connectivity index is 2.73. The molecule has 1 aliphatic rings. The molecule has 0 aliphatic carbocycles. The minimum Gasteiger partial charge on any atom is -0.444 e. The van der Waals surface area contributed by atoms with Gasteiger partial charge in [-0.3, -0.25) is 9.69 Å². The van der Waals surface area contributed by atoms with Crippen LogP contribution in [0, 0.1) is 0 Å². The zero-order valence-corrected chi connectivity index (χ0v) is 9.95. The SMILES string of the molecule is C=C[C@@H]1C(=O)NCCN1C(=O)OC(C)(C)C. The van der Waals surface area contributed by atoms with Crippen LogP contribution in [0.5, 0.6) is 0 Å². The maximum Gasteiger partial charge on any atom is 0.411 e. The van der Waals surface area contributed by atoms with Gasteiger partial charge in [0, 0.05) is 13.1 Å². The van der Waals surface area contributed by atoms with Gasteiger partial charge in [-0.2, -0.15) is 0 Å². The number of carbonyl (C=O) groups is 2. The van der Waals surface area contributed by atoms with Gasteiger partial charge >= 0.3 is 6.09 Å². The number of hydrogen-bond donors (Lipinski definition) is 1. The fourth-order valence-corrected chi connectivity index (χ4v) is 1.44. The molecule has 16 heavy (non-hydrogen) atoms. The summed E-state index contributed by atoms with van der Waals surface area (Å²) in [6, 6.07) is -0.636. The van der Waals surface area contributed by atoms with Crippen molar-refractivity contribution in [1.29, 1.82) is 0 Å². The molecule has 2 amide bonds. The highest BCUT2D eigenvalue weighted by atomic mass is 16.6.